The Bertz CT molecular complexity index is 574. The molecule has 1 fully saturated rings. The summed E-state index contributed by atoms with van der Waals surface area (Å²) in [5, 5.41) is 16.1. The van der Waals surface area contributed by atoms with E-state index in [0.29, 0.717) is 12.5 Å². The predicted octanol–water partition coefficient (Wildman–Crippen LogP) is 1.08. The highest BCUT2D eigenvalue weighted by Gasteiger charge is 2.26. The highest BCUT2D eigenvalue weighted by atomic mass is 16.3. The lowest BCUT2D eigenvalue weighted by atomic mass is 9.84. The molecule has 20 heavy (non-hydrogen) atoms. The van der Waals surface area contributed by atoms with Crippen molar-refractivity contribution in [3.63, 3.8) is 0 Å². The molecular formula is C17H26N2O. The number of aliphatic hydroxyl groups is 1. The number of aliphatic hydroxyl groups excluding tert-OH is 1. The van der Waals surface area contributed by atoms with Crippen LogP contribution in [-0.2, 0) is 0 Å². The fourth-order valence-corrected chi connectivity index (χ4v) is 3.58. The van der Waals surface area contributed by atoms with Crippen molar-refractivity contribution in [2.24, 2.45) is 11.8 Å². The van der Waals surface area contributed by atoms with Crippen LogP contribution < -0.4 is 15.9 Å². The largest absolute Gasteiger partial charge is 0.391 e. The molecule has 0 spiro atoms. The van der Waals surface area contributed by atoms with Gasteiger partial charge < -0.3 is 15.4 Å². The summed E-state index contributed by atoms with van der Waals surface area (Å²) in [5.74, 6) is 1.66. The van der Waals surface area contributed by atoms with E-state index in [1.807, 2.05) is 0 Å². The van der Waals surface area contributed by atoms with Crippen molar-refractivity contribution in [2.45, 2.75) is 45.1 Å². The van der Waals surface area contributed by atoms with E-state index in [1.54, 1.807) is 0 Å². The molecule has 0 bridgehead atoms. The van der Waals surface area contributed by atoms with Crippen LogP contribution >= 0.6 is 0 Å². The molecule has 110 valence electrons. The normalized spacial score (nSPS) is 31.1. The lowest BCUT2D eigenvalue weighted by Crippen LogP contribution is -2.42. The van der Waals surface area contributed by atoms with Crippen molar-refractivity contribution >= 4 is 12.2 Å². The van der Waals surface area contributed by atoms with Gasteiger partial charge in [-0.25, -0.2) is 0 Å². The molecule has 3 nitrogen and oxygen atoms in total. The summed E-state index contributed by atoms with van der Waals surface area (Å²) < 4.78 is 0. The van der Waals surface area contributed by atoms with Crippen molar-refractivity contribution in [1.82, 2.24) is 10.3 Å². The summed E-state index contributed by atoms with van der Waals surface area (Å²) in [7, 11) is 0. The monoisotopic (exact) mass is 274 g/mol. The summed E-state index contributed by atoms with van der Waals surface area (Å²) in [4.78, 5) is 3.43. The number of fused-ring (bicyclic) bond motifs is 1. The molecule has 0 amide bonds. The van der Waals surface area contributed by atoms with Gasteiger partial charge in [0.25, 0.3) is 0 Å². The topological polar surface area (TPSA) is 48.0 Å². The van der Waals surface area contributed by atoms with Crippen molar-refractivity contribution in [3.8, 4) is 0 Å². The maximum absolute atomic E-state index is 10.2. The number of hydrogen-bond donors (Lipinski definition) is 3. The highest BCUT2D eigenvalue weighted by Crippen LogP contribution is 2.25. The standard InChI is InChI=1S/C17H26N2O/c1-3-11(2)12-4-5-13-15(9-19-16(13)8-12)14-6-7-18-10-17(14)20/h5,8-9,11-12,14,17-20H,3-4,6-7,10H2,1-2H3. The molecule has 1 aromatic rings. The van der Waals surface area contributed by atoms with Crippen LogP contribution in [0.1, 0.15) is 44.6 Å². The lowest BCUT2D eigenvalue weighted by molar-refractivity contribution is 0.118. The molecule has 3 N–H and O–H groups in total. The number of aromatic nitrogens is 1. The van der Waals surface area contributed by atoms with Gasteiger partial charge in [0.2, 0.25) is 0 Å². The predicted molar refractivity (Wildman–Crippen MR) is 82.8 cm³/mol. The first-order chi connectivity index (χ1) is 9.70. The van der Waals surface area contributed by atoms with Crippen molar-refractivity contribution in [2.75, 3.05) is 13.1 Å². The van der Waals surface area contributed by atoms with Crippen LogP contribution in [0.3, 0.4) is 0 Å². The zero-order chi connectivity index (χ0) is 14.1. The highest BCUT2D eigenvalue weighted by molar-refractivity contribution is 5.43. The molecule has 0 radical (unpaired) electrons. The Hall–Kier alpha value is -1.06. The molecule has 3 heteroatoms. The average molecular weight is 274 g/mol. The van der Waals surface area contributed by atoms with Crippen LogP contribution in [0.25, 0.3) is 12.2 Å². The smallest absolute Gasteiger partial charge is 0.0734 e. The van der Waals surface area contributed by atoms with Crippen molar-refractivity contribution in [1.29, 1.82) is 0 Å². The molecule has 2 heterocycles. The van der Waals surface area contributed by atoms with Crippen LogP contribution in [0.5, 0.6) is 0 Å². The summed E-state index contributed by atoms with van der Waals surface area (Å²) in [6.07, 6.45) is 10.0. The third-order valence-corrected chi connectivity index (χ3v) is 5.18. The second kappa shape index (κ2) is 5.74. The first-order valence-corrected chi connectivity index (χ1v) is 7.98. The number of H-pyrrole nitrogens is 1. The maximum Gasteiger partial charge on any atom is 0.0734 e. The van der Waals surface area contributed by atoms with Gasteiger partial charge >= 0.3 is 0 Å². The Balaban J connectivity index is 1.93. The molecule has 2 aliphatic rings. The second-order valence-corrected chi connectivity index (χ2v) is 6.39. The SMILES string of the molecule is CCC(C)C1C=c2[nH]cc(C3CCNCC3O)c2=CC1. The molecule has 0 aromatic carbocycles. The third-order valence-electron chi connectivity index (χ3n) is 5.18. The Kier molecular flexibility index (Phi) is 3.99. The van der Waals surface area contributed by atoms with Gasteiger partial charge in [-0.05, 0) is 42.0 Å². The fourth-order valence-electron chi connectivity index (χ4n) is 3.58. The molecule has 1 aliphatic carbocycles. The lowest BCUT2D eigenvalue weighted by Gasteiger charge is -2.28. The minimum Gasteiger partial charge on any atom is -0.391 e. The van der Waals surface area contributed by atoms with Crippen LogP contribution in [-0.4, -0.2) is 29.3 Å². The number of nitrogens with one attached hydrogen (secondary N) is 2. The van der Waals surface area contributed by atoms with Crippen LogP contribution in [0.15, 0.2) is 6.20 Å². The Morgan fingerprint density at radius 1 is 1.45 bits per heavy atom. The van der Waals surface area contributed by atoms with Gasteiger partial charge in [-0.2, -0.15) is 0 Å². The van der Waals surface area contributed by atoms with Crippen molar-refractivity contribution in [3.05, 3.63) is 22.3 Å². The van der Waals surface area contributed by atoms with E-state index in [9.17, 15) is 5.11 Å². The quantitative estimate of drug-likeness (QED) is 0.772. The summed E-state index contributed by atoms with van der Waals surface area (Å²) >= 11 is 0. The van der Waals surface area contributed by atoms with Crippen LogP contribution in [0.2, 0.25) is 0 Å². The average Bonchev–Trinajstić information content (AvgIpc) is 2.90. The van der Waals surface area contributed by atoms with E-state index in [4.69, 9.17) is 0 Å². The van der Waals surface area contributed by atoms with Gasteiger partial charge in [0.05, 0.1) is 6.10 Å². The van der Waals surface area contributed by atoms with Gasteiger partial charge in [0.15, 0.2) is 0 Å². The molecule has 0 saturated carbocycles. The van der Waals surface area contributed by atoms with Gasteiger partial charge in [0, 0.05) is 24.0 Å². The minimum absolute atomic E-state index is 0.260. The molecular weight excluding hydrogens is 248 g/mol. The van der Waals surface area contributed by atoms with E-state index in [1.165, 1.54) is 22.6 Å². The number of β-amino-alcohol motifs (C(OH)–C–C–N with tert-alkyl or cyclic N) is 1. The maximum atomic E-state index is 10.2. The van der Waals surface area contributed by atoms with E-state index in [2.05, 4.69) is 42.5 Å². The minimum atomic E-state index is -0.260. The molecule has 1 aliphatic heterocycles. The first kappa shape index (κ1) is 13.9. The number of hydrogen-bond acceptors (Lipinski definition) is 2. The Morgan fingerprint density at radius 2 is 2.30 bits per heavy atom. The van der Waals surface area contributed by atoms with E-state index < -0.39 is 0 Å². The molecule has 1 saturated heterocycles. The van der Waals surface area contributed by atoms with Crippen molar-refractivity contribution < 1.29 is 5.11 Å². The molecule has 1 aromatic heterocycles. The van der Waals surface area contributed by atoms with Crippen LogP contribution in [0.4, 0.5) is 0 Å². The number of piperidine rings is 1. The number of aromatic amines is 1. The van der Waals surface area contributed by atoms with E-state index >= 15 is 0 Å². The zero-order valence-electron chi connectivity index (χ0n) is 12.5. The van der Waals surface area contributed by atoms with Gasteiger partial charge in [-0.3, -0.25) is 0 Å². The molecule has 4 unspecified atom stereocenters. The van der Waals surface area contributed by atoms with Gasteiger partial charge in [-0.15, -0.1) is 0 Å². The van der Waals surface area contributed by atoms with E-state index in [-0.39, 0.29) is 12.0 Å². The summed E-state index contributed by atoms with van der Waals surface area (Å²) in [5.41, 5.74) is 1.31. The van der Waals surface area contributed by atoms with E-state index in [0.717, 1.165) is 25.3 Å². The zero-order valence-corrected chi connectivity index (χ0v) is 12.5. The molecule has 4 atom stereocenters. The second-order valence-electron chi connectivity index (χ2n) is 6.39. The Morgan fingerprint density at radius 3 is 3.05 bits per heavy atom. The number of rotatable bonds is 3. The summed E-state index contributed by atoms with van der Waals surface area (Å²) in [6.45, 7) is 6.31. The Labute approximate surface area is 120 Å². The van der Waals surface area contributed by atoms with Gasteiger partial charge in [0.1, 0.15) is 0 Å². The third kappa shape index (κ3) is 2.45. The first-order valence-electron chi connectivity index (χ1n) is 7.98. The molecule has 3 rings (SSSR count). The summed E-state index contributed by atoms with van der Waals surface area (Å²) in [6, 6.07) is 0. The van der Waals surface area contributed by atoms with Crippen LogP contribution in [0, 0.1) is 11.8 Å². The van der Waals surface area contributed by atoms with Gasteiger partial charge in [-0.1, -0.05) is 32.4 Å². The fraction of sp³-hybridized carbons (Fsp3) is 0.647.